The Morgan fingerprint density at radius 3 is 2.25 bits per heavy atom. The lowest BCUT2D eigenvalue weighted by atomic mass is 9.93. The second-order valence-corrected chi connectivity index (χ2v) is 18.8. The number of aromatic nitrogens is 3. The third kappa shape index (κ3) is 12.5. The number of carboxylic acids is 1. The number of rotatable bonds is 13. The first-order valence-corrected chi connectivity index (χ1v) is 22.7. The van der Waals surface area contributed by atoms with Crippen LogP contribution in [0.3, 0.4) is 0 Å². The van der Waals surface area contributed by atoms with Crippen LogP contribution in [0.1, 0.15) is 49.7 Å². The van der Waals surface area contributed by atoms with Gasteiger partial charge in [0.2, 0.25) is 5.91 Å². The van der Waals surface area contributed by atoms with Crippen molar-refractivity contribution in [2.24, 2.45) is 10.7 Å². The Morgan fingerprint density at radius 1 is 1.04 bits per heavy atom. The number of anilines is 1. The quantitative estimate of drug-likeness (QED) is 0.0892. The number of fused-ring (bicyclic) bond motifs is 1. The fourth-order valence-corrected chi connectivity index (χ4v) is 7.75. The maximum Gasteiger partial charge on any atom is 0.431 e. The number of ether oxygens (including phenoxy) is 1. The van der Waals surface area contributed by atoms with E-state index in [0.717, 1.165) is 30.5 Å². The highest BCUT2D eigenvalue weighted by Crippen LogP contribution is 2.43. The van der Waals surface area contributed by atoms with Crippen molar-refractivity contribution in [3.05, 3.63) is 87.3 Å². The molecule has 14 nitrogen and oxygen atoms in total. The summed E-state index contributed by atoms with van der Waals surface area (Å²) in [6, 6.07) is 5.14. The van der Waals surface area contributed by atoms with E-state index in [1.807, 2.05) is 0 Å². The summed E-state index contributed by atoms with van der Waals surface area (Å²) in [4.78, 5) is 46.2. The number of halogens is 11. The predicted molar refractivity (Wildman–Crippen MR) is 229 cm³/mol. The number of benzene rings is 2. The summed E-state index contributed by atoms with van der Waals surface area (Å²) in [6.45, 7) is -1.48. The lowest BCUT2D eigenvalue weighted by molar-refractivity contribution is -0.142. The van der Waals surface area contributed by atoms with Crippen LogP contribution in [0, 0.1) is 23.5 Å². The first-order valence-electron chi connectivity index (χ1n) is 19.3. The van der Waals surface area contributed by atoms with E-state index < -0.39 is 158 Å². The molecule has 0 spiro atoms. The van der Waals surface area contributed by atoms with Crippen LogP contribution in [-0.2, 0) is 49.1 Å². The molecule has 2 aromatic carbocycles. The molecule has 68 heavy (non-hydrogen) atoms. The van der Waals surface area contributed by atoms with Crippen molar-refractivity contribution in [1.29, 1.82) is 0 Å². The number of carbonyl (C=O) groups is 3. The zero-order chi connectivity index (χ0) is 50.8. The highest BCUT2D eigenvalue weighted by Gasteiger charge is 2.48. The van der Waals surface area contributed by atoms with Gasteiger partial charge in [-0.05, 0) is 68.5 Å². The number of carbonyl (C=O) groups excluding carboxylic acids is 2. The van der Waals surface area contributed by atoms with Crippen molar-refractivity contribution in [2.45, 2.75) is 68.7 Å². The summed E-state index contributed by atoms with van der Waals surface area (Å²) in [7, 11) is -4.10. The molecule has 2 amide bonds. The van der Waals surface area contributed by atoms with Crippen molar-refractivity contribution >= 4 is 73.8 Å². The van der Waals surface area contributed by atoms with E-state index in [-0.39, 0.29) is 32.4 Å². The fourth-order valence-electron chi connectivity index (χ4n) is 6.68. The average molecular weight is 1030 g/mol. The smallest absolute Gasteiger partial charge is 0.431 e. The number of pyridine rings is 1. The van der Waals surface area contributed by atoms with E-state index in [4.69, 9.17) is 22.4 Å². The normalized spacial score (nSPS) is 16.7. The molecule has 3 atom stereocenters. The largest absolute Gasteiger partial charge is 0.479 e. The van der Waals surface area contributed by atoms with Crippen molar-refractivity contribution < 1.29 is 76.5 Å². The molecule has 2 heterocycles. The Bertz CT molecular complexity index is 2840. The minimum absolute atomic E-state index is 0.168. The molecule has 0 radical (unpaired) electrons. The van der Waals surface area contributed by atoms with Gasteiger partial charge in [-0.15, -0.1) is 0 Å². The second kappa shape index (κ2) is 20.3. The molecule has 366 valence electrons. The number of nitrogens with one attached hydrogen (secondary N) is 1. The van der Waals surface area contributed by atoms with Gasteiger partial charge < -0.3 is 20.9 Å². The van der Waals surface area contributed by atoms with Crippen LogP contribution in [0.2, 0.25) is 5.02 Å². The van der Waals surface area contributed by atoms with E-state index in [2.05, 4.69) is 37.0 Å². The number of alkyl halides is 8. The Morgan fingerprint density at radius 2 is 1.68 bits per heavy atom. The van der Waals surface area contributed by atoms with Gasteiger partial charge in [0.15, 0.2) is 12.4 Å². The van der Waals surface area contributed by atoms with Crippen LogP contribution in [0.4, 0.5) is 54.5 Å². The number of aliphatic carboxylic acids is 1. The van der Waals surface area contributed by atoms with Gasteiger partial charge in [0.05, 0.1) is 27.7 Å². The Hall–Kier alpha value is -6.07. The van der Waals surface area contributed by atoms with Crippen LogP contribution < -0.4 is 15.4 Å². The van der Waals surface area contributed by atoms with E-state index in [0.29, 0.717) is 10.7 Å². The highest BCUT2D eigenvalue weighted by molar-refractivity contribution is 7.86. The monoisotopic (exact) mass is 1030 g/mol. The highest BCUT2D eigenvalue weighted by atomic mass is 35.5. The molecule has 3 unspecified atom stereocenters. The summed E-state index contributed by atoms with van der Waals surface area (Å²) < 4.78 is 172. The summed E-state index contributed by atoms with van der Waals surface area (Å²) in [5, 5.41) is 14.5. The number of hydrogen-bond donors (Lipinski definition) is 3. The maximum absolute atomic E-state index is 15.0. The summed E-state index contributed by atoms with van der Waals surface area (Å²) in [5.41, 5.74) is -1.03. The Kier molecular flexibility index (Phi) is 15.8. The van der Waals surface area contributed by atoms with Gasteiger partial charge in [-0.1, -0.05) is 23.6 Å². The van der Waals surface area contributed by atoms with Crippen LogP contribution >= 0.6 is 11.6 Å². The second-order valence-electron chi connectivity index (χ2n) is 15.3. The molecular weight excluding hydrogens is 992 g/mol. The van der Waals surface area contributed by atoms with Crippen molar-refractivity contribution in [2.75, 3.05) is 30.0 Å². The van der Waals surface area contributed by atoms with Gasteiger partial charge >= 0.3 is 24.4 Å². The van der Waals surface area contributed by atoms with E-state index in [1.54, 1.807) is 0 Å². The molecule has 27 heteroatoms. The van der Waals surface area contributed by atoms with Gasteiger partial charge in [-0.3, -0.25) is 18.7 Å². The van der Waals surface area contributed by atoms with Gasteiger partial charge in [-0.2, -0.15) is 44.5 Å². The van der Waals surface area contributed by atoms with Crippen molar-refractivity contribution in [3.8, 4) is 23.0 Å². The van der Waals surface area contributed by atoms with E-state index >= 15 is 0 Å². The third-order valence-electron chi connectivity index (χ3n) is 9.87. The first-order chi connectivity index (χ1) is 31.4. The summed E-state index contributed by atoms with van der Waals surface area (Å²) >= 11 is 6.56. The molecule has 0 aliphatic heterocycles. The minimum atomic E-state index is -5.25. The topological polar surface area (TPSA) is 199 Å². The van der Waals surface area contributed by atoms with Crippen molar-refractivity contribution in [3.63, 3.8) is 0 Å². The number of nitrogens with two attached hydrogens (primary N) is 1. The third-order valence-corrected chi connectivity index (χ3v) is 12.6. The van der Waals surface area contributed by atoms with Crippen LogP contribution in [0.15, 0.2) is 58.7 Å². The van der Waals surface area contributed by atoms with Crippen LogP contribution in [0.5, 0.6) is 0 Å². The fraction of sp³-hybridized carbons (Fsp3) is 0.366. The van der Waals surface area contributed by atoms with Gasteiger partial charge in [-0.25, -0.2) is 27.6 Å². The van der Waals surface area contributed by atoms with E-state index in [9.17, 15) is 66.7 Å². The van der Waals surface area contributed by atoms with Crippen molar-refractivity contribution in [1.82, 2.24) is 20.1 Å². The molecule has 4 aromatic rings. The summed E-state index contributed by atoms with van der Waals surface area (Å²) in [6.07, 6.45) is -12.4. The molecule has 4 N–H and O–H groups in total. The Labute approximate surface area is 389 Å². The summed E-state index contributed by atoms with van der Waals surface area (Å²) in [5.74, 6) is -4.52. The van der Waals surface area contributed by atoms with Crippen LogP contribution in [0.25, 0.3) is 22.0 Å². The number of hydrogen-bond acceptors (Lipinski definition) is 10. The molecule has 1 fully saturated rings. The molecule has 0 saturated heterocycles. The number of carboxylic acid groups (broad SMARTS) is 1. The zero-order valence-corrected chi connectivity index (χ0v) is 37.9. The molecule has 5 rings (SSSR count). The molecule has 1 saturated carbocycles. The molecule has 1 aliphatic carbocycles. The number of allylic oxidation sites excluding steroid dienone is 2. The number of aliphatic imine (C=N–C) groups is 1. The average Bonchev–Trinajstić information content (AvgIpc) is 3.72. The molecule has 2 aromatic heterocycles. The van der Waals surface area contributed by atoms with Crippen LogP contribution in [-0.4, -0.2) is 101 Å². The predicted octanol–water partition coefficient (Wildman–Crippen LogP) is 7.47. The van der Waals surface area contributed by atoms with Gasteiger partial charge in [0, 0.05) is 52.5 Å². The molecular formula is C41H36ClF10N7O7S2. The molecule has 0 bridgehead atoms. The zero-order valence-electron chi connectivity index (χ0n) is 35.5. The molecule has 1 aliphatic rings. The number of amides is 2. The maximum atomic E-state index is 15.0. The number of nitrogens with zero attached hydrogens (tertiary/aromatic N) is 5. The SMILES string of the molecule is CS(=O)N(C(=O)OCC(=O)O)c1nn(CC(F)(F)F)c2c(-c3ccc(C#CC(C)(C)S(C)=O)nc3C(Cc3cc(F)cc(F)c3)NC(=O)CN=C3/C(=C(\N)C(F)(F)F)CCC3(F)F)ccc(Cl)c12. The minimum Gasteiger partial charge on any atom is -0.479 e. The Balaban J connectivity index is 1.83. The lowest BCUT2D eigenvalue weighted by Gasteiger charge is -2.23. The first kappa shape index (κ1) is 52.9. The standard InChI is InChI=1S/C41H36ClF10N7O7S2/c1-38(2,67(3)64)11-9-23-5-6-24(25-7-8-27(42)31-33(25)58(19-40(47,48)49)57-36(31)59(68(4)65)37(63)66-18-30(61)62)32(55-23)28(15-20-13-21(43)16-22(44)14-20)56-29(60)17-54-35-26(10-12-39(35,45)46)34(53)41(50,51)52/h5-8,13-14,16,28H,10,12,15,17-19,53H2,1-4H3,(H,56,60)(H,61,62)/b34-26-,54-35?. The van der Waals surface area contributed by atoms with Gasteiger partial charge in [0.25, 0.3) is 5.92 Å². The van der Waals surface area contributed by atoms with Gasteiger partial charge in [0.1, 0.15) is 57.6 Å². The lowest BCUT2D eigenvalue weighted by Crippen LogP contribution is -2.34. The van der Waals surface area contributed by atoms with E-state index in [1.165, 1.54) is 32.2 Å².